The first-order chi connectivity index (χ1) is 14.1. The lowest BCUT2D eigenvalue weighted by atomic mass is 9.98. The molecule has 29 heavy (non-hydrogen) atoms. The average Bonchev–Trinajstić information content (AvgIpc) is 3.23. The van der Waals surface area contributed by atoms with Gasteiger partial charge in [-0.2, -0.15) is 10.4 Å². The molecule has 3 aromatic rings. The van der Waals surface area contributed by atoms with Gasteiger partial charge in [-0.05, 0) is 56.2 Å². The van der Waals surface area contributed by atoms with Gasteiger partial charge in [0, 0.05) is 17.2 Å². The monoisotopic (exact) mass is 388 g/mol. The van der Waals surface area contributed by atoms with Crippen LogP contribution in [0.4, 0.5) is 5.82 Å². The fourth-order valence-corrected chi connectivity index (χ4v) is 3.77. The zero-order chi connectivity index (χ0) is 20.4. The molecule has 2 aromatic carbocycles. The van der Waals surface area contributed by atoms with Gasteiger partial charge in [0.25, 0.3) is 0 Å². The third kappa shape index (κ3) is 3.87. The van der Waals surface area contributed by atoms with Crippen LogP contribution in [0.3, 0.4) is 0 Å². The lowest BCUT2D eigenvalue weighted by Crippen LogP contribution is -2.15. The Labute approximate surface area is 170 Å². The van der Waals surface area contributed by atoms with E-state index in [0.29, 0.717) is 18.0 Å². The molecule has 0 aliphatic carbocycles. The third-order valence-corrected chi connectivity index (χ3v) is 5.44. The minimum absolute atomic E-state index is 0.0312. The lowest BCUT2D eigenvalue weighted by Gasteiger charge is -2.19. The normalized spacial score (nSPS) is 17.1. The zero-order valence-electron chi connectivity index (χ0n) is 16.9. The Balaban J connectivity index is 1.67. The number of rotatable bonds is 5. The van der Waals surface area contributed by atoms with E-state index in [4.69, 9.17) is 9.47 Å². The van der Waals surface area contributed by atoms with Crippen LogP contribution in [-0.4, -0.2) is 29.5 Å². The lowest BCUT2D eigenvalue weighted by molar-refractivity contribution is 0.141. The van der Waals surface area contributed by atoms with E-state index in [2.05, 4.69) is 28.5 Å². The molecule has 4 rings (SSSR count). The summed E-state index contributed by atoms with van der Waals surface area (Å²) in [6.07, 6.45) is 0.998. The average molecular weight is 388 g/mol. The number of aromatic nitrogens is 2. The highest BCUT2D eigenvalue weighted by atomic mass is 16.5. The van der Waals surface area contributed by atoms with E-state index in [9.17, 15) is 5.26 Å². The van der Waals surface area contributed by atoms with E-state index >= 15 is 0 Å². The minimum atomic E-state index is -0.0312. The Hall–Kier alpha value is -3.17. The highest BCUT2D eigenvalue weighted by molar-refractivity contribution is 5.94. The zero-order valence-corrected chi connectivity index (χ0v) is 16.9. The van der Waals surface area contributed by atoms with Crippen LogP contribution in [0.1, 0.15) is 41.8 Å². The van der Waals surface area contributed by atoms with Crippen molar-refractivity contribution in [3.05, 3.63) is 58.8 Å². The highest BCUT2D eigenvalue weighted by Gasteiger charge is 2.19. The molecule has 0 radical (unpaired) electrons. The predicted octanol–water partition coefficient (Wildman–Crippen LogP) is 4.46. The predicted molar refractivity (Wildman–Crippen MR) is 112 cm³/mol. The van der Waals surface area contributed by atoms with Crippen LogP contribution in [0.5, 0.6) is 5.75 Å². The van der Waals surface area contributed by atoms with E-state index < -0.39 is 0 Å². The Kier molecular flexibility index (Phi) is 5.32. The molecule has 2 atom stereocenters. The summed E-state index contributed by atoms with van der Waals surface area (Å²) in [7, 11) is 0. The quantitative estimate of drug-likeness (QED) is 0.695. The molecule has 1 aliphatic heterocycles. The van der Waals surface area contributed by atoms with E-state index in [1.54, 1.807) is 0 Å². The maximum atomic E-state index is 9.32. The van der Waals surface area contributed by atoms with Gasteiger partial charge < -0.3 is 14.8 Å². The number of anilines is 1. The van der Waals surface area contributed by atoms with Crippen LogP contribution in [-0.2, 0) is 4.74 Å². The van der Waals surface area contributed by atoms with Crippen LogP contribution in [0.15, 0.2) is 36.4 Å². The number of fused-ring (bicyclic) bond motifs is 1. The Morgan fingerprint density at radius 1 is 1.21 bits per heavy atom. The summed E-state index contributed by atoms with van der Waals surface area (Å²) in [4.78, 5) is 0. The molecule has 0 bridgehead atoms. The summed E-state index contributed by atoms with van der Waals surface area (Å²) < 4.78 is 11.5. The molecule has 0 unspecified atom stereocenters. The maximum absolute atomic E-state index is 9.32. The Morgan fingerprint density at radius 3 is 2.83 bits per heavy atom. The van der Waals surface area contributed by atoms with Crippen LogP contribution >= 0.6 is 0 Å². The van der Waals surface area contributed by atoms with E-state index in [1.165, 1.54) is 0 Å². The van der Waals surface area contributed by atoms with Crippen molar-refractivity contribution in [1.29, 1.82) is 5.26 Å². The third-order valence-electron chi connectivity index (χ3n) is 5.44. The number of hydrogen-bond donors (Lipinski definition) is 1. The van der Waals surface area contributed by atoms with Crippen LogP contribution in [0.25, 0.3) is 10.8 Å². The smallest absolute Gasteiger partial charge is 0.157 e. The highest BCUT2D eigenvalue weighted by Crippen LogP contribution is 2.31. The van der Waals surface area contributed by atoms with Gasteiger partial charge in [-0.25, -0.2) is 0 Å². The van der Waals surface area contributed by atoms with Gasteiger partial charge >= 0.3 is 0 Å². The Bertz CT molecular complexity index is 1080. The summed E-state index contributed by atoms with van der Waals surface area (Å²) in [6, 6.07) is 14.0. The molecular weight excluding hydrogens is 364 g/mol. The van der Waals surface area contributed by atoms with Crippen molar-refractivity contribution in [2.24, 2.45) is 0 Å². The maximum Gasteiger partial charge on any atom is 0.157 e. The number of aryl methyl sites for hydroxylation is 1. The van der Waals surface area contributed by atoms with Crippen LogP contribution < -0.4 is 10.1 Å². The van der Waals surface area contributed by atoms with E-state index in [1.807, 2.05) is 50.2 Å². The molecule has 0 spiro atoms. The fourth-order valence-electron chi connectivity index (χ4n) is 3.77. The number of nitriles is 1. The molecule has 0 saturated carbocycles. The van der Waals surface area contributed by atoms with Gasteiger partial charge in [0.2, 0.25) is 0 Å². The summed E-state index contributed by atoms with van der Waals surface area (Å²) in [6.45, 7) is 7.36. The molecule has 1 aromatic heterocycles. The van der Waals surface area contributed by atoms with Crippen molar-refractivity contribution in [2.75, 3.05) is 18.5 Å². The van der Waals surface area contributed by atoms with Crippen LogP contribution in [0, 0.1) is 25.2 Å². The summed E-state index contributed by atoms with van der Waals surface area (Å²) in [5.74, 6) is 1.51. The van der Waals surface area contributed by atoms with Crippen LogP contribution in [0.2, 0.25) is 0 Å². The number of ether oxygens (including phenoxy) is 2. The molecule has 6 heteroatoms. The molecule has 6 nitrogen and oxygen atoms in total. The fraction of sp³-hybridized carbons (Fsp3) is 0.348. The summed E-state index contributed by atoms with van der Waals surface area (Å²) in [5, 5.41) is 23.5. The first kappa shape index (κ1) is 19.2. The number of nitrogens with zero attached hydrogens (tertiary/aromatic N) is 3. The summed E-state index contributed by atoms with van der Waals surface area (Å²) in [5.41, 5.74) is 3.60. The second-order valence-corrected chi connectivity index (χ2v) is 7.44. The van der Waals surface area contributed by atoms with Crippen molar-refractivity contribution in [2.45, 2.75) is 39.3 Å². The largest absolute Gasteiger partial charge is 0.488 e. The van der Waals surface area contributed by atoms with Gasteiger partial charge in [0.15, 0.2) is 5.82 Å². The van der Waals surface area contributed by atoms with Crippen molar-refractivity contribution in [3.8, 4) is 11.8 Å². The minimum Gasteiger partial charge on any atom is -0.488 e. The molecular formula is C23H24N4O2. The van der Waals surface area contributed by atoms with Gasteiger partial charge in [-0.15, -0.1) is 5.10 Å². The van der Waals surface area contributed by atoms with Crippen molar-refractivity contribution >= 4 is 16.6 Å². The second-order valence-electron chi connectivity index (χ2n) is 7.44. The molecule has 1 fully saturated rings. The molecule has 148 valence electrons. The molecule has 0 amide bonds. The van der Waals surface area contributed by atoms with Gasteiger partial charge in [0.05, 0.1) is 36.6 Å². The van der Waals surface area contributed by atoms with Gasteiger partial charge in [-0.3, -0.25) is 0 Å². The standard InChI is InChI=1S/C23H24N4O2/c1-14-17(12-24)5-4-6-20(14)15(2)25-23-22-11-18(29-19-9-10-28-13-19)7-8-21(22)16(3)26-27-23/h4-8,11,15,19H,9-10,13H2,1-3H3,(H,25,27)/t15-,19+/m1/s1. The first-order valence-electron chi connectivity index (χ1n) is 9.84. The molecule has 1 aliphatic rings. The van der Waals surface area contributed by atoms with E-state index in [-0.39, 0.29) is 12.1 Å². The topological polar surface area (TPSA) is 80.1 Å². The van der Waals surface area contributed by atoms with E-state index in [0.717, 1.165) is 46.4 Å². The molecule has 1 N–H and O–H groups in total. The number of nitrogens with one attached hydrogen (secondary N) is 1. The van der Waals surface area contributed by atoms with Crippen molar-refractivity contribution in [1.82, 2.24) is 10.2 Å². The van der Waals surface area contributed by atoms with Crippen molar-refractivity contribution in [3.63, 3.8) is 0 Å². The van der Waals surface area contributed by atoms with Gasteiger partial charge in [-0.1, -0.05) is 12.1 Å². The van der Waals surface area contributed by atoms with Gasteiger partial charge in [0.1, 0.15) is 11.9 Å². The Morgan fingerprint density at radius 2 is 2.07 bits per heavy atom. The molecule has 2 heterocycles. The summed E-state index contributed by atoms with van der Waals surface area (Å²) >= 11 is 0. The molecule has 1 saturated heterocycles. The van der Waals surface area contributed by atoms with Crippen molar-refractivity contribution < 1.29 is 9.47 Å². The first-order valence-corrected chi connectivity index (χ1v) is 9.84. The number of hydrogen-bond acceptors (Lipinski definition) is 6. The second kappa shape index (κ2) is 8.06. The SMILES string of the molecule is Cc1c(C#N)cccc1[C@@H](C)Nc1nnc(C)c2ccc(O[C@H]3CCOC3)cc12. The number of benzene rings is 2.